The Morgan fingerprint density at radius 1 is 1.53 bits per heavy atom. The minimum atomic E-state index is -0.113. The van der Waals surface area contributed by atoms with Crippen LogP contribution in [-0.2, 0) is 6.54 Å². The topological polar surface area (TPSA) is 53.6 Å². The van der Waals surface area contributed by atoms with E-state index in [1.807, 2.05) is 18.5 Å². The fourth-order valence-corrected chi connectivity index (χ4v) is 1.81. The van der Waals surface area contributed by atoms with Crippen LogP contribution in [0, 0.1) is 25.2 Å². The lowest BCUT2D eigenvalue weighted by Gasteiger charge is -2.11. The van der Waals surface area contributed by atoms with Crippen molar-refractivity contribution in [3.05, 3.63) is 16.4 Å². The van der Waals surface area contributed by atoms with Gasteiger partial charge in [0.15, 0.2) is 0 Å². The second kappa shape index (κ2) is 6.63. The van der Waals surface area contributed by atoms with E-state index < -0.39 is 0 Å². The van der Waals surface area contributed by atoms with Crippen LogP contribution in [0.2, 0.25) is 5.02 Å². The highest BCUT2D eigenvalue weighted by molar-refractivity contribution is 6.31. The van der Waals surface area contributed by atoms with Crippen LogP contribution in [0.25, 0.3) is 0 Å². The molecule has 4 nitrogen and oxygen atoms in total. The Hall–Kier alpha value is -1.05. The smallest absolute Gasteiger partial charge is 0.0970 e. The highest BCUT2D eigenvalue weighted by atomic mass is 35.5. The van der Waals surface area contributed by atoms with Gasteiger partial charge in [0.2, 0.25) is 0 Å². The predicted molar refractivity (Wildman–Crippen MR) is 69.0 cm³/mol. The van der Waals surface area contributed by atoms with E-state index in [1.165, 1.54) is 0 Å². The molecule has 0 amide bonds. The molecule has 1 N–H and O–H groups in total. The third kappa shape index (κ3) is 3.72. The van der Waals surface area contributed by atoms with E-state index in [4.69, 9.17) is 16.9 Å². The number of nitrogens with zero attached hydrogens (tertiary/aromatic N) is 3. The summed E-state index contributed by atoms with van der Waals surface area (Å²) < 4.78 is 1.87. The molecule has 0 aromatic carbocycles. The van der Waals surface area contributed by atoms with E-state index in [9.17, 15) is 0 Å². The summed E-state index contributed by atoms with van der Waals surface area (Å²) >= 11 is 6.07. The Bertz CT molecular complexity index is 405. The number of rotatable bonds is 6. The van der Waals surface area contributed by atoms with Crippen molar-refractivity contribution in [2.75, 3.05) is 6.54 Å². The third-order valence-electron chi connectivity index (χ3n) is 2.72. The summed E-state index contributed by atoms with van der Waals surface area (Å²) in [5.74, 6) is 0. The number of hydrogen-bond acceptors (Lipinski definition) is 3. The van der Waals surface area contributed by atoms with Crippen molar-refractivity contribution in [1.82, 2.24) is 15.1 Å². The molecule has 0 spiro atoms. The SMILES string of the molecule is CCCNC(C#N)CCn1nc(C)c(Cl)c1C. The summed E-state index contributed by atoms with van der Waals surface area (Å²) in [6, 6.07) is 2.15. The molecule has 17 heavy (non-hydrogen) atoms. The minimum absolute atomic E-state index is 0.113. The molecule has 5 heteroatoms. The molecule has 0 aliphatic heterocycles. The van der Waals surface area contributed by atoms with E-state index in [1.54, 1.807) is 0 Å². The molecule has 0 fully saturated rings. The molecule has 1 aromatic rings. The molecule has 0 bridgehead atoms. The number of nitriles is 1. The Balaban J connectivity index is 2.54. The quantitative estimate of drug-likeness (QED) is 0.848. The summed E-state index contributed by atoms with van der Waals surface area (Å²) in [6.45, 7) is 7.51. The first-order valence-corrected chi connectivity index (χ1v) is 6.30. The van der Waals surface area contributed by atoms with Crippen LogP contribution >= 0.6 is 11.6 Å². The van der Waals surface area contributed by atoms with Crippen LogP contribution in [0.4, 0.5) is 0 Å². The van der Waals surface area contributed by atoms with Gasteiger partial charge in [-0.2, -0.15) is 10.4 Å². The Labute approximate surface area is 108 Å². The van der Waals surface area contributed by atoms with Crippen LogP contribution in [0.15, 0.2) is 0 Å². The van der Waals surface area contributed by atoms with Gasteiger partial charge >= 0.3 is 0 Å². The number of nitrogens with one attached hydrogen (secondary N) is 1. The Kier molecular flexibility index (Phi) is 5.46. The van der Waals surface area contributed by atoms with Crippen LogP contribution in [-0.4, -0.2) is 22.4 Å². The van der Waals surface area contributed by atoms with E-state index in [-0.39, 0.29) is 6.04 Å². The van der Waals surface area contributed by atoms with E-state index in [0.29, 0.717) is 6.54 Å². The molecule has 0 saturated carbocycles. The highest BCUT2D eigenvalue weighted by Crippen LogP contribution is 2.19. The third-order valence-corrected chi connectivity index (χ3v) is 3.27. The molecule has 0 aliphatic carbocycles. The van der Waals surface area contributed by atoms with Gasteiger partial charge in [0.1, 0.15) is 0 Å². The van der Waals surface area contributed by atoms with E-state index in [2.05, 4.69) is 23.4 Å². The summed E-state index contributed by atoms with van der Waals surface area (Å²) in [4.78, 5) is 0. The monoisotopic (exact) mass is 254 g/mol. The molecule has 1 rings (SSSR count). The highest BCUT2D eigenvalue weighted by Gasteiger charge is 2.11. The van der Waals surface area contributed by atoms with Gasteiger partial charge in [-0.05, 0) is 33.2 Å². The summed E-state index contributed by atoms with van der Waals surface area (Å²) in [5, 5.41) is 17.3. The van der Waals surface area contributed by atoms with Gasteiger partial charge in [-0.25, -0.2) is 0 Å². The summed E-state index contributed by atoms with van der Waals surface area (Å²) in [5.41, 5.74) is 1.82. The number of aromatic nitrogens is 2. The average Bonchev–Trinajstić information content (AvgIpc) is 2.57. The minimum Gasteiger partial charge on any atom is -0.302 e. The first-order chi connectivity index (χ1) is 8.10. The number of aryl methyl sites for hydroxylation is 2. The molecular formula is C12H19ClN4. The van der Waals surface area contributed by atoms with Gasteiger partial charge < -0.3 is 5.32 Å². The summed E-state index contributed by atoms with van der Waals surface area (Å²) in [7, 11) is 0. The van der Waals surface area contributed by atoms with Crippen molar-refractivity contribution in [3.63, 3.8) is 0 Å². The largest absolute Gasteiger partial charge is 0.302 e. The van der Waals surface area contributed by atoms with Crippen LogP contribution in [0.5, 0.6) is 0 Å². The molecule has 0 aliphatic rings. The second-order valence-corrected chi connectivity index (χ2v) is 4.51. The molecule has 0 saturated heterocycles. The summed E-state index contributed by atoms with van der Waals surface area (Å²) in [6.07, 6.45) is 1.78. The van der Waals surface area contributed by atoms with Crippen molar-refractivity contribution in [3.8, 4) is 6.07 Å². The van der Waals surface area contributed by atoms with Crippen molar-refractivity contribution >= 4 is 11.6 Å². The first kappa shape index (κ1) is 14.0. The Morgan fingerprint density at radius 2 is 2.24 bits per heavy atom. The van der Waals surface area contributed by atoms with Crippen molar-refractivity contribution in [2.45, 2.75) is 46.2 Å². The molecule has 1 atom stereocenters. The molecule has 1 unspecified atom stereocenters. The standard InChI is InChI=1S/C12H19ClN4/c1-4-6-15-11(8-14)5-7-17-10(3)12(13)9(2)16-17/h11,15H,4-7H2,1-3H3. The van der Waals surface area contributed by atoms with Crippen LogP contribution < -0.4 is 5.32 Å². The maximum atomic E-state index is 8.99. The molecular weight excluding hydrogens is 236 g/mol. The van der Waals surface area contributed by atoms with Gasteiger partial charge in [-0.15, -0.1) is 0 Å². The zero-order valence-electron chi connectivity index (χ0n) is 10.6. The molecule has 0 radical (unpaired) electrons. The maximum absolute atomic E-state index is 8.99. The van der Waals surface area contributed by atoms with E-state index in [0.717, 1.165) is 35.8 Å². The van der Waals surface area contributed by atoms with Crippen LogP contribution in [0.1, 0.15) is 31.2 Å². The van der Waals surface area contributed by atoms with Crippen molar-refractivity contribution in [1.29, 1.82) is 5.26 Å². The maximum Gasteiger partial charge on any atom is 0.0970 e. The van der Waals surface area contributed by atoms with Crippen molar-refractivity contribution in [2.24, 2.45) is 0 Å². The van der Waals surface area contributed by atoms with Gasteiger partial charge in [-0.3, -0.25) is 4.68 Å². The average molecular weight is 255 g/mol. The fourth-order valence-electron chi connectivity index (χ4n) is 1.67. The van der Waals surface area contributed by atoms with Crippen LogP contribution in [0.3, 0.4) is 0 Å². The van der Waals surface area contributed by atoms with Crippen molar-refractivity contribution < 1.29 is 0 Å². The van der Waals surface area contributed by atoms with Gasteiger partial charge in [0.05, 0.1) is 28.5 Å². The lowest BCUT2D eigenvalue weighted by Crippen LogP contribution is -2.29. The number of halogens is 1. The lowest BCUT2D eigenvalue weighted by atomic mass is 10.2. The first-order valence-electron chi connectivity index (χ1n) is 5.92. The normalized spacial score (nSPS) is 12.4. The Morgan fingerprint density at radius 3 is 2.71 bits per heavy atom. The molecule has 1 aromatic heterocycles. The predicted octanol–water partition coefficient (Wildman–Crippen LogP) is 2.44. The fraction of sp³-hybridized carbons (Fsp3) is 0.667. The second-order valence-electron chi connectivity index (χ2n) is 4.13. The zero-order chi connectivity index (χ0) is 12.8. The van der Waals surface area contributed by atoms with Gasteiger partial charge in [0.25, 0.3) is 0 Å². The van der Waals surface area contributed by atoms with Gasteiger partial charge in [0, 0.05) is 6.54 Å². The molecule has 94 valence electrons. The molecule has 1 heterocycles. The number of hydrogen-bond donors (Lipinski definition) is 1. The van der Waals surface area contributed by atoms with E-state index >= 15 is 0 Å². The van der Waals surface area contributed by atoms with Gasteiger partial charge in [-0.1, -0.05) is 18.5 Å². The zero-order valence-corrected chi connectivity index (χ0v) is 11.4. The lowest BCUT2D eigenvalue weighted by molar-refractivity contribution is 0.486.